The number of benzene rings is 2. The fourth-order valence-electron chi connectivity index (χ4n) is 1.64. The molecule has 0 fully saturated rings. The van der Waals surface area contributed by atoms with Gasteiger partial charge in [0.15, 0.2) is 5.58 Å². The molecule has 3 aromatic rings. The highest BCUT2D eigenvalue weighted by Crippen LogP contribution is 2.28. The Morgan fingerprint density at radius 2 is 1.69 bits per heavy atom. The van der Waals surface area contributed by atoms with Gasteiger partial charge in [0.2, 0.25) is 5.89 Å². The Balaban J connectivity index is 2.23. The van der Waals surface area contributed by atoms with E-state index in [0.717, 1.165) is 21.6 Å². The van der Waals surface area contributed by atoms with Gasteiger partial charge >= 0.3 is 0 Å². The molecule has 3 rings (SSSR count). The third-order valence-electron chi connectivity index (χ3n) is 2.43. The monoisotopic (exact) mass is 227 g/mol. The van der Waals surface area contributed by atoms with Gasteiger partial charge < -0.3 is 4.42 Å². The van der Waals surface area contributed by atoms with Gasteiger partial charge in [-0.15, -0.1) is 12.6 Å². The Morgan fingerprint density at radius 1 is 0.938 bits per heavy atom. The lowest BCUT2D eigenvalue weighted by Gasteiger charge is -1.97. The molecule has 0 saturated carbocycles. The van der Waals surface area contributed by atoms with Crippen LogP contribution >= 0.6 is 12.6 Å². The number of hydrogen-bond acceptors (Lipinski definition) is 3. The van der Waals surface area contributed by atoms with E-state index >= 15 is 0 Å². The zero-order valence-corrected chi connectivity index (χ0v) is 9.32. The summed E-state index contributed by atoms with van der Waals surface area (Å²) in [5.41, 5.74) is 2.59. The Morgan fingerprint density at radius 3 is 2.50 bits per heavy atom. The van der Waals surface area contributed by atoms with E-state index in [4.69, 9.17) is 4.42 Å². The molecule has 78 valence electrons. The smallest absolute Gasteiger partial charge is 0.228 e. The van der Waals surface area contributed by atoms with Crippen molar-refractivity contribution in [2.24, 2.45) is 0 Å². The second kappa shape index (κ2) is 3.68. The summed E-state index contributed by atoms with van der Waals surface area (Å²) in [4.78, 5) is 5.30. The van der Waals surface area contributed by atoms with Crippen LogP contribution in [0.4, 0.5) is 0 Å². The largest absolute Gasteiger partial charge is 0.436 e. The molecule has 0 radical (unpaired) electrons. The van der Waals surface area contributed by atoms with Crippen LogP contribution in [0.2, 0.25) is 0 Å². The highest BCUT2D eigenvalue weighted by atomic mass is 32.1. The van der Waals surface area contributed by atoms with Crippen LogP contribution in [0, 0.1) is 0 Å². The molecule has 0 aliphatic heterocycles. The maximum atomic E-state index is 5.67. The Kier molecular flexibility index (Phi) is 2.18. The molecule has 1 heterocycles. The highest BCUT2D eigenvalue weighted by Gasteiger charge is 2.09. The van der Waals surface area contributed by atoms with Gasteiger partial charge in [0.05, 0.1) is 5.56 Å². The first-order chi connectivity index (χ1) is 7.84. The summed E-state index contributed by atoms with van der Waals surface area (Å²) in [6.45, 7) is 0. The van der Waals surface area contributed by atoms with E-state index < -0.39 is 0 Å². The fourth-order valence-corrected chi connectivity index (χ4v) is 1.90. The van der Waals surface area contributed by atoms with E-state index in [0.29, 0.717) is 5.89 Å². The fraction of sp³-hybridized carbons (Fsp3) is 0. The summed E-state index contributed by atoms with van der Waals surface area (Å²) in [7, 11) is 0. The third-order valence-corrected chi connectivity index (χ3v) is 2.82. The minimum absolute atomic E-state index is 0.617. The first kappa shape index (κ1) is 9.48. The molecule has 16 heavy (non-hydrogen) atoms. The predicted octanol–water partition coefficient (Wildman–Crippen LogP) is 3.78. The molecule has 0 unspecified atom stereocenters. The topological polar surface area (TPSA) is 26.0 Å². The van der Waals surface area contributed by atoms with Crippen molar-refractivity contribution < 1.29 is 4.42 Å². The second-order valence-electron chi connectivity index (χ2n) is 3.50. The molecule has 0 bridgehead atoms. The zero-order valence-electron chi connectivity index (χ0n) is 8.42. The molecule has 0 atom stereocenters. The highest BCUT2D eigenvalue weighted by molar-refractivity contribution is 7.80. The minimum atomic E-state index is 0.617. The molecule has 0 N–H and O–H groups in total. The van der Waals surface area contributed by atoms with Crippen LogP contribution in [0.3, 0.4) is 0 Å². The number of fused-ring (bicyclic) bond motifs is 1. The molecule has 2 nitrogen and oxygen atoms in total. The van der Waals surface area contributed by atoms with Crippen LogP contribution in [0.5, 0.6) is 0 Å². The minimum Gasteiger partial charge on any atom is -0.436 e. The molecular weight excluding hydrogens is 218 g/mol. The van der Waals surface area contributed by atoms with E-state index in [2.05, 4.69) is 17.6 Å². The lowest BCUT2D eigenvalue weighted by atomic mass is 10.2. The SMILES string of the molecule is Sc1ccccc1-c1nc2ccccc2o1. The Labute approximate surface area is 98.3 Å². The predicted molar refractivity (Wildman–Crippen MR) is 66.7 cm³/mol. The number of thiol groups is 1. The van der Waals surface area contributed by atoms with Crippen molar-refractivity contribution in [3.63, 3.8) is 0 Å². The Bertz CT molecular complexity index is 612. The summed E-state index contributed by atoms with van der Waals surface area (Å²) in [6.07, 6.45) is 0. The number of hydrogen-bond donors (Lipinski definition) is 1. The summed E-state index contributed by atoms with van der Waals surface area (Å²) in [6, 6.07) is 15.5. The summed E-state index contributed by atoms with van der Waals surface area (Å²) < 4.78 is 5.67. The summed E-state index contributed by atoms with van der Waals surface area (Å²) >= 11 is 4.39. The number of nitrogens with zero attached hydrogens (tertiary/aromatic N) is 1. The number of para-hydroxylation sites is 2. The van der Waals surface area contributed by atoms with Crippen molar-refractivity contribution in [3.8, 4) is 11.5 Å². The van der Waals surface area contributed by atoms with Gasteiger partial charge in [-0.05, 0) is 24.3 Å². The maximum absolute atomic E-state index is 5.67. The number of rotatable bonds is 1. The second-order valence-corrected chi connectivity index (χ2v) is 3.99. The quantitative estimate of drug-likeness (QED) is 0.640. The first-order valence-corrected chi connectivity index (χ1v) is 5.43. The first-order valence-electron chi connectivity index (χ1n) is 4.98. The van der Waals surface area contributed by atoms with Crippen LogP contribution < -0.4 is 0 Å². The standard InChI is InChI=1S/C13H9NOS/c16-12-8-4-1-5-9(12)13-14-10-6-2-3-7-11(10)15-13/h1-8,16H. The van der Waals surface area contributed by atoms with E-state index in [1.165, 1.54) is 0 Å². The van der Waals surface area contributed by atoms with Gasteiger partial charge in [0.25, 0.3) is 0 Å². The lowest BCUT2D eigenvalue weighted by molar-refractivity contribution is 0.618. The zero-order chi connectivity index (χ0) is 11.0. The number of oxazole rings is 1. The summed E-state index contributed by atoms with van der Waals surface area (Å²) in [5.74, 6) is 0.617. The Hall–Kier alpha value is -1.74. The van der Waals surface area contributed by atoms with E-state index in [-0.39, 0.29) is 0 Å². The molecule has 0 amide bonds. The van der Waals surface area contributed by atoms with Crippen LogP contribution in [0.25, 0.3) is 22.6 Å². The number of aromatic nitrogens is 1. The van der Waals surface area contributed by atoms with E-state index in [1.54, 1.807) is 0 Å². The van der Waals surface area contributed by atoms with Crippen molar-refractivity contribution in [2.45, 2.75) is 4.90 Å². The average molecular weight is 227 g/mol. The van der Waals surface area contributed by atoms with Gasteiger partial charge in [-0.25, -0.2) is 4.98 Å². The normalized spacial score (nSPS) is 10.8. The van der Waals surface area contributed by atoms with Gasteiger partial charge in [-0.3, -0.25) is 0 Å². The van der Waals surface area contributed by atoms with Crippen LogP contribution in [-0.4, -0.2) is 4.98 Å². The van der Waals surface area contributed by atoms with Crippen molar-refractivity contribution >= 4 is 23.7 Å². The van der Waals surface area contributed by atoms with Crippen LogP contribution in [0.15, 0.2) is 57.8 Å². The summed E-state index contributed by atoms with van der Waals surface area (Å²) in [5, 5.41) is 0. The van der Waals surface area contributed by atoms with Crippen molar-refractivity contribution in [2.75, 3.05) is 0 Å². The lowest BCUT2D eigenvalue weighted by Crippen LogP contribution is -1.78. The van der Waals surface area contributed by atoms with Gasteiger partial charge in [-0.1, -0.05) is 24.3 Å². The molecule has 0 aliphatic carbocycles. The molecule has 0 spiro atoms. The molecule has 0 saturated heterocycles. The molecule has 2 aromatic carbocycles. The molecule has 3 heteroatoms. The molecule has 1 aromatic heterocycles. The maximum Gasteiger partial charge on any atom is 0.228 e. The van der Waals surface area contributed by atoms with Gasteiger partial charge in [-0.2, -0.15) is 0 Å². The van der Waals surface area contributed by atoms with Crippen LogP contribution in [0.1, 0.15) is 0 Å². The van der Waals surface area contributed by atoms with E-state index in [1.807, 2.05) is 48.5 Å². The average Bonchev–Trinajstić information content (AvgIpc) is 2.73. The van der Waals surface area contributed by atoms with Gasteiger partial charge in [0, 0.05) is 4.90 Å². The van der Waals surface area contributed by atoms with Gasteiger partial charge in [0.1, 0.15) is 5.52 Å². The molecule has 0 aliphatic rings. The van der Waals surface area contributed by atoms with E-state index in [9.17, 15) is 0 Å². The van der Waals surface area contributed by atoms with Crippen molar-refractivity contribution in [3.05, 3.63) is 48.5 Å². The molecular formula is C13H9NOS. The van der Waals surface area contributed by atoms with Crippen molar-refractivity contribution in [1.29, 1.82) is 0 Å². The third kappa shape index (κ3) is 1.49. The van der Waals surface area contributed by atoms with Crippen molar-refractivity contribution in [1.82, 2.24) is 4.98 Å². The van der Waals surface area contributed by atoms with Crippen LogP contribution in [-0.2, 0) is 0 Å².